The van der Waals surface area contributed by atoms with Crippen molar-refractivity contribution in [3.8, 4) is 17.2 Å². The summed E-state index contributed by atoms with van der Waals surface area (Å²) in [5, 5.41) is 9.69. The summed E-state index contributed by atoms with van der Waals surface area (Å²) in [6.07, 6.45) is -0.449. The molecule has 2 aromatic rings. The van der Waals surface area contributed by atoms with Crippen LogP contribution in [0.15, 0.2) is 54.6 Å². The van der Waals surface area contributed by atoms with E-state index in [1.54, 1.807) is 0 Å². The molecule has 1 N–H and O–H groups in total. The van der Waals surface area contributed by atoms with Gasteiger partial charge in [0.2, 0.25) is 0 Å². The van der Waals surface area contributed by atoms with E-state index in [2.05, 4.69) is 0 Å². The second kappa shape index (κ2) is 6.96. The number of benzene rings is 2. The number of hydrogen-bond donors (Lipinski definition) is 1. The number of ether oxygens (including phenoxy) is 2. The maximum Gasteiger partial charge on any atom is 0.127 e. The number of aliphatic hydroxyl groups excluding tert-OH is 1. The van der Waals surface area contributed by atoms with E-state index in [9.17, 15) is 5.11 Å². The van der Waals surface area contributed by atoms with Crippen molar-refractivity contribution in [2.45, 2.75) is 20.0 Å². The molecule has 0 saturated carbocycles. The summed E-state index contributed by atoms with van der Waals surface area (Å²) >= 11 is 0. The Balaban J connectivity index is 1.90. The molecule has 1 unspecified atom stereocenters. The maximum absolute atomic E-state index is 9.69. The highest BCUT2D eigenvalue weighted by Gasteiger charge is 2.09. The lowest BCUT2D eigenvalue weighted by Gasteiger charge is -2.15. The molecule has 0 aliphatic rings. The van der Waals surface area contributed by atoms with Gasteiger partial charge in [-0.05, 0) is 42.3 Å². The first kappa shape index (κ1) is 14.4. The molecule has 1 atom stereocenters. The highest BCUT2D eigenvalue weighted by Crippen LogP contribution is 2.23. The lowest BCUT2D eigenvalue weighted by Crippen LogP contribution is -2.23. The van der Waals surface area contributed by atoms with Crippen LogP contribution < -0.4 is 9.47 Å². The van der Waals surface area contributed by atoms with Crippen LogP contribution in [0.5, 0.6) is 17.2 Å². The molecule has 0 spiro atoms. The highest BCUT2D eigenvalue weighted by molar-refractivity contribution is 5.35. The van der Waals surface area contributed by atoms with Gasteiger partial charge < -0.3 is 14.6 Å². The second-order valence-electron chi connectivity index (χ2n) is 5.01. The van der Waals surface area contributed by atoms with E-state index < -0.39 is 6.10 Å². The molecule has 2 rings (SSSR count). The van der Waals surface area contributed by atoms with Crippen LogP contribution in [0.1, 0.15) is 13.8 Å². The predicted octanol–water partition coefficient (Wildman–Crippen LogP) is 3.87. The van der Waals surface area contributed by atoms with Gasteiger partial charge in [0.05, 0.1) is 6.10 Å². The minimum absolute atomic E-state index is 0.190. The molecular weight excluding hydrogens is 252 g/mol. The fourth-order valence-corrected chi connectivity index (χ4v) is 1.60. The first-order valence-corrected chi connectivity index (χ1v) is 6.79. The summed E-state index contributed by atoms with van der Waals surface area (Å²) in [4.78, 5) is 0. The smallest absolute Gasteiger partial charge is 0.127 e. The molecule has 106 valence electrons. The topological polar surface area (TPSA) is 38.7 Å². The van der Waals surface area contributed by atoms with Crippen molar-refractivity contribution in [1.29, 1.82) is 0 Å². The molecule has 0 heterocycles. The number of hydrogen-bond acceptors (Lipinski definition) is 3. The summed E-state index contributed by atoms with van der Waals surface area (Å²) in [6.45, 7) is 4.23. The third kappa shape index (κ3) is 4.28. The monoisotopic (exact) mass is 272 g/mol. The van der Waals surface area contributed by atoms with Gasteiger partial charge in [-0.2, -0.15) is 0 Å². The Morgan fingerprint density at radius 3 is 2.00 bits per heavy atom. The molecular formula is C17H20O3. The third-order valence-electron chi connectivity index (χ3n) is 2.99. The zero-order chi connectivity index (χ0) is 14.4. The number of para-hydroxylation sites is 1. The lowest BCUT2D eigenvalue weighted by molar-refractivity contribution is 0.0701. The lowest BCUT2D eigenvalue weighted by atomic mass is 10.1. The summed E-state index contributed by atoms with van der Waals surface area (Å²) in [5.74, 6) is 2.48. The van der Waals surface area contributed by atoms with Crippen LogP contribution in [0.4, 0.5) is 0 Å². The minimum Gasteiger partial charge on any atom is -0.491 e. The second-order valence-corrected chi connectivity index (χ2v) is 5.01. The molecule has 3 nitrogen and oxygen atoms in total. The van der Waals surface area contributed by atoms with Crippen LogP contribution in [0.3, 0.4) is 0 Å². The van der Waals surface area contributed by atoms with Crippen molar-refractivity contribution < 1.29 is 14.6 Å². The summed E-state index contributed by atoms with van der Waals surface area (Å²) in [5.41, 5.74) is 0. The fourth-order valence-electron chi connectivity index (χ4n) is 1.60. The first-order chi connectivity index (χ1) is 9.65. The normalized spacial score (nSPS) is 12.2. The highest BCUT2D eigenvalue weighted by atomic mass is 16.5. The van der Waals surface area contributed by atoms with Gasteiger partial charge in [0.15, 0.2) is 0 Å². The molecule has 0 aliphatic heterocycles. The molecule has 0 fully saturated rings. The van der Waals surface area contributed by atoms with Gasteiger partial charge in [0.25, 0.3) is 0 Å². The van der Waals surface area contributed by atoms with Crippen molar-refractivity contribution in [2.24, 2.45) is 5.92 Å². The van der Waals surface area contributed by atoms with Gasteiger partial charge in [-0.3, -0.25) is 0 Å². The summed E-state index contributed by atoms with van der Waals surface area (Å²) in [7, 11) is 0. The Morgan fingerprint density at radius 1 is 0.850 bits per heavy atom. The van der Waals surface area contributed by atoms with E-state index >= 15 is 0 Å². The summed E-state index contributed by atoms with van der Waals surface area (Å²) < 4.78 is 11.2. The number of aliphatic hydroxyl groups is 1. The van der Waals surface area contributed by atoms with Gasteiger partial charge in [0, 0.05) is 0 Å². The quantitative estimate of drug-likeness (QED) is 0.867. The zero-order valence-electron chi connectivity index (χ0n) is 11.8. The molecule has 0 saturated heterocycles. The van der Waals surface area contributed by atoms with E-state index in [1.165, 1.54) is 0 Å². The van der Waals surface area contributed by atoms with Crippen molar-refractivity contribution in [1.82, 2.24) is 0 Å². The van der Waals surface area contributed by atoms with E-state index in [0.717, 1.165) is 17.2 Å². The maximum atomic E-state index is 9.69. The van der Waals surface area contributed by atoms with Crippen LogP contribution in [-0.4, -0.2) is 17.8 Å². The fraction of sp³-hybridized carbons (Fsp3) is 0.294. The third-order valence-corrected chi connectivity index (χ3v) is 2.99. The Hall–Kier alpha value is -2.00. The molecule has 0 aromatic heterocycles. The van der Waals surface area contributed by atoms with E-state index in [0.29, 0.717) is 6.61 Å². The van der Waals surface area contributed by atoms with Gasteiger partial charge in [-0.15, -0.1) is 0 Å². The Kier molecular flexibility index (Phi) is 5.02. The largest absolute Gasteiger partial charge is 0.491 e. The van der Waals surface area contributed by atoms with E-state index in [4.69, 9.17) is 9.47 Å². The van der Waals surface area contributed by atoms with Crippen LogP contribution in [0.25, 0.3) is 0 Å². The average molecular weight is 272 g/mol. The van der Waals surface area contributed by atoms with Gasteiger partial charge in [-0.25, -0.2) is 0 Å². The molecule has 3 heteroatoms. The Labute approximate surface area is 119 Å². The van der Waals surface area contributed by atoms with Crippen LogP contribution in [-0.2, 0) is 0 Å². The van der Waals surface area contributed by atoms with Gasteiger partial charge in [0.1, 0.15) is 23.9 Å². The molecule has 20 heavy (non-hydrogen) atoms. The van der Waals surface area contributed by atoms with Crippen LogP contribution in [0.2, 0.25) is 0 Å². The molecule has 0 bridgehead atoms. The van der Waals surface area contributed by atoms with Crippen molar-refractivity contribution in [3.63, 3.8) is 0 Å². The zero-order valence-corrected chi connectivity index (χ0v) is 11.8. The first-order valence-electron chi connectivity index (χ1n) is 6.79. The van der Waals surface area contributed by atoms with Gasteiger partial charge in [-0.1, -0.05) is 32.0 Å². The van der Waals surface area contributed by atoms with Crippen LogP contribution >= 0.6 is 0 Å². The molecule has 2 aromatic carbocycles. The Bertz CT molecular complexity index is 506. The minimum atomic E-state index is -0.449. The Morgan fingerprint density at radius 2 is 1.40 bits per heavy atom. The SMILES string of the molecule is CC(C)C(O)COc1ccc(Oc2ccccc2)cc1. The van der Waals surface area contributed by atoms with Gasteiger partial charge >= 0.3 is 0 Å². The summed E-state index contributed by atoms with van der Waals surface area (Å²) in [6, 6.07) is 17.0. The van der Waals surface area contributed by atoms with E-state index in [-0.39, 0.29) is 5.92 Å². The average Bonchev–Trinajstić information content (AvgIpc) is 2.47. The van der Waals surface area contributed by atoms with Crippen molar-refractivity contribution in [3.05, 3.63) is 54.6 Å². The molecule has 0 radical (unpaired) electrons. The van der Waals surface area contributed by atoms with Crippen molar-refractivity contribution in [2.75, 3.05) is 6.61 Å². The standard InChI is InChI=1S/C17H20O3/c1-13(2)17(18)12-19-14-8-10-16(11-9-14)20-15-6-4-3-5-7-15/h3-11,13,17-18H,12H2,1-2H3. The van der Waals surface area contributed by atoms with Crippen molar-refractivity contribution >= 4 is 0 Å². The van der Waals surface area contributed by atoms with Crippen LogP contribution in [0, 0.1) is 5.92 Å². The predicted molar refractivity (Wildman–Crippen MR) is 79.3 cm³/mol. The molecule has 0 aliphatic carbocycles. The number of rotatable bonds is 6. The molecule has 0 amide bonds. The van der Waals surface area contributed by atoms with E-state index in [1.807, 2.05) is 68.4 Å².